The van der Waals surface area contributed by atoms with Crippen LogP contribution in [-0.2, 0) is 6.54 Å². The molecule has 2 aromatic carbocycles. The van der Waals surface area contributed by atoms with Crippen LogP contribution in [-0.4, -0.2) is 31.8 Å². The molecule has 0 saturated heterocycles. The number of amides is 2. The minimum Gasteiger partial charge on any atom is -0.507 e. The standard InChI is InChI=1S/C28H26FN5O3/c29-21-7-5-18(6-8-21)17-31-28(37)34-25(19-3-1-2-4-19)16-24(33-34)23-10-9-22(15-26(23)35)32-27(36)20-11-13-30-14-12-20/h5-16,19,35H,1-4,17H2,(H,31,37)(H,32,36). The van der Waals surface area contributed by atoms with E-state index >= 15 is 0 Å². The topological polar surface area (TPSA) is 109 Å². The summed E-state index contributed by atoms with van der Waals surface area (Å²) >= 11 is 0. The van der Waals surface area contributed by atoms with E-state index in [0.717, 1.165) is 36.9 Å². The number of aromatic nitrogens is 3. The van der Waals surface area contributed by atoms with Gasteiger partial charge >= 0.3 is 6.03 Å². The van der Waals surface area contributed by atoms with E-state index in [1.165, 1.54) is 35.3 Å². The molecule has 0 aliphatic heterocycles. The molecule has 0 radical (unpaired) electrons. The van der Waals surface area contributed by atoms with Gasteiger partial charge in [-0.1, -0.05) is 25.0 Å². The first-order chi connectivity index (χ1) is 18.0. The van der Waals surface area contributed by atoms with E-state index in [2.05, 4.69) is 20.7 Å². The quantitative estimate of drug-likeness (QED) is 0.327. The van der Waals surface area contributed by atoms with Crippen LogP contribution in [0.15, 0.2) is 73.1 Å². The number of rotatable bonds is 6. The van der Waals surface area contributed by atoms with Crippen molar-refractivity contribution in [3.63, 3.8) is 0 Å². The Morgan fingerprint density at radius 1 is 1.00 bits per heavy atom. The Kier molecular flexibility index (Phi) is 6.93. The number of pyridine rings is 1. The maximum atomic E-state index is 13.2. The summed E-state index contributed by atoms with van der Waals surface area (Å²) in [5, 5.41) is 20.9. The molecule has 0 bridgehead atoms. The summed E-state index contributed by atoms with van der Waals surface area (Å²) in [5.74, 6) is -0.529. The van der Waals surface area contributed by atoms with E-state index in [0.29, 0.717) is 22.5 Å². The van der Waals surface area contributed by atoms with E-state index < -0.39 is 6.03 Å². The van der Waals surface area contributed by atoms with Gasteiger partial charge in [0.1, 0.15) is 11.6 Å². The number of hydrogen-bond donors (Lipinski definition) is 3. The predicted octanol–water partition coefficient (Wildman–Crippen LogP) is 5.46. The third kappa shape index (κ3) is 5.50. The van der Waals surface area contributed by atoms with Gasteiger partial charge < -0.3 is 15.7 Å². The van der Waals surface area contributed by atoms with Crippen molar-refractivity contribution in [3.8, 4) is 17.0 Å². The zero-order chi connectivity index (χ0) is 25.8. The van der Waals surface area contributed by atoms with Crippen molar-refractivity contribution in [1.29, 1.82) is 0 Å². The molecule has 5 rings (SSSR count). The van der Waals surface area contributed by atoms with Gasteiger partial charge in [0.15, 0.2) is 0 Å². The Morgan fingerprint density at radius 3 is 2.43 bits per heavy atom. The van der Waals surface area contributed by atoms with Crippen molar-refractivity contribution >= 4 is 17.6 Å². The molecule has 37 heavy (non-hydrogen) atoms. The highest BCUT2D eigenvalue weighted by Gasteiger charge is 2.26. The van der Waals surface area contributed by atoms with E-state index in [4.69, 9.17) is 0 Å². The number of anilines is 1. The highest BCUT2D eigenvalue weighted by Crippen LogP contribution is 2.38. The Morgan fingerprint density at radius 2 is 1.73 bits per heavy atom. The van der Waals surface area contributed by atoms with Crippen LogP contribution >= 0.6 is 0 Å². The zero-order valence-electron chi connectivity index (χ0n) is 20.0. The van der Waals surface area contributed by atoms with Gasteiger partial charge in [0.2, 0.25) is 0 Å². The number of carbonyl (C=O) groups is 2. The molecular formula is C28H26FN5O3. The van der Waals surface area contributed by atoms with Crippen LogP contribution in [0.2, 0.25) is 0 Å². The van der Waals surface area contributed by atoms with Crippen molar-refractivity contribution < 1.29 is 19.1 Å². The van der Waals surface area contributed by atoms with Gasteiger partial charge in [-0.3, -0.25) is 9.78 Å². The fourth-order valence-electron chi connectivity index (χ4n) is 4.59. The molecule has 2 heterocycles. The van der Waals surface area contributed by atoms with Gasteiger partial charge in [-0.25, -0.2) is 9.18 Å². The second kappa shape index (κ2) is 10.6. The lowest BCUT2D eigenvalue weighted by molar-refractivity contribution is 0.102. The third-order valence-corrected chi connectivity index (χ3v) is 6.53. The average molecular weight is 500 g/mol. The molecule has 8 nitrogen and oxygen atoms in total. The normalized spacial score (nSPS) is 13.4. The molecule has 1 aliphatic rings. The smallest absolute Gasteiger partial charge is 0.342 e. The summed E-state index contributed by atoms with van der Waals surface area (Å²) in [7, 11) is 0. The number of carbonyl (C=O) groups excluding carboxylic acids is 2. The summed E-state index contributed by atoms with van der Waals surface area (Å²) in [4.78, 5) is 29.4. The van der Waals surface area contributed by atoms with Gasteiger partial charge in [0.25, 0.3) is 5.91 Å². The summed E-state index contributed by atoms with van der Waals surface area (Å²) in [6, 6.07) is 15.4. The van der Waals surface area contributed by atoms with Crippen molar-refractivity contribution in [1.82, 2.24) is 20.1 Å². The molecule has 3 N–H and O–H groups in total. The molecule has 2 aromatic heterocycles. The van der Waals surface area contributed by atoms with Crippen LogP contribution < -0.4 is 10.6 Å². The molecule has 9 heteroatoms. The Bertz CT molecular complexity index is 1410. The maximum Gasteiger partial charge on any atom is 0.342 e. The number of halogens is 1. The van der Waals surface area contributed by atoms with Gasteiger partial charge in [-0.05, 0) is 60.9 Å². The van der Waals surface area contributed by atoms with Crippen LogP contribution in [0.4, 0.5) is 14.9 Å². The van der Waals surface area contributed by atoms with Gasteiger partial charge in [0.05, 0.1) is 11.4 Å². The number of nitrogens with one attached hydrogen (secondary N) is 2. The molecular weight excluding hydrogens is 473 g/mol. The van der Waals surface area contributed by atoms with Gasteiger partial charge in [-0.15, -0.1) is 0 Å². The highest BCUT2D eigenvalue weighted by molar-refractivity contribution is 6.04. The average Bonchev–Trinajstić information content (AvgIpc) is 3.59. The van der Waals surface area contributed by atoms with Crippen LogP contribution in [0.5, 0.6) is 5.75 Å². The van der Waals surface area contributed by atoms with E-state index in [-0.39, 0.29) is 29.9 Å². The van der Waals surface area contributed by atoms with E-state index in [9.17, 15) is 19.1 Å². The Labute approximate surface area is 213 Å². The molecule has 1 saturated carbocycles. The lowest BCUT2D eigenvalue weighted by atomic mass is 10.0. The number of aromatic hydroxyl groups is 1. The van der Waals surface area contributed by atoms with E-state index in [1.807, 2.05) is 6.07 Å². The zero-order valence-corrected chi connectivity index (χ0v) is 20.0. The lowest BCUT2D eigenvalue weighted by Crippen LogP contribution is -2.30. The molecule has 2 amide bonds. The number of phenols is 1. The first-order valence-corrected chi connectivity index (χ1v) is 12.2. The summed E-state index contributed by atoms with van der Waals surface area (Å²) in [5.41, 5.74) is 3.35. The second-order valence-electron chi connectivity index (χ2n) is 9.05. The molecule has 0 spiro atoms. The van der Waals surface area contributed by atoms with Crippen molar-refractivity contribution in [2.75, 3.05) is 5.32 Å². The number of hydrogen-bond acceptors (Lipinski definition) is 5. The van der Waals surface area contributed by atoms with Crippen molar-refractivity contribution in [3.05, 3.63) is 95.7 Å². The minimum absolute atomic E-state index is 0.0677. The van der Waals surface area contributed by atoms with Crippen LogP contribution in [0.3, 0.4) is 0 Å². The number of nitrogens with zero attached hydrogens (tertiary/aromatic N) is 3. The van der Waals surface area contributed by atoms with Crippen molar-refractivity contribution in [2.24, 2.45) is 0 Å². The highest BCUT2D eigenvalue weighted by atomic mass is 19.1. The van der Waals surface area contributed by atoms with Gasteiger partial charge in [0, 0.05) is 47.7 Å². The Balaban J connectivity index is 1.37. The van der Waals surface area contributed by atoms with Gasteiger partial charge in [-0.2, -0.15) is 9.78 Å². The monoisotopic (exact) mass is 499 g/mol. The molecule has 4 aromatic rings. The third-order valence-electron chi connectivity index (χ3n) is 6.53. The van der Waals surface area contributed by atoms with Crippen LogP contribution in [0, 0.1) is 5.82 Å². The van der Waals surface area contributed by atoms with Crippen molar-refractivity contribution in [2.45, 2.75) is 38.1 Å². The summed E-state index contributed by atoms with van der Waals surface area (Å²) < 4.78 is 14.6. The molecule has 0 atom stereocenters. The fourth-order valence-corrected chi connectivity index (χ4v) is 4.59. The molecule has 0 unspecified atom stereocenters. The minimum atomic E-state index is -0.391. The lowest BCUT2D eigenvalue weighted by Gasteiger charge is -2.12. The first-order valence-electron chi connectivity index (χ1n) is 12.2. The molecule has 1 aliphatic carbocycles. The predicted molar refractivity (Wildman–Crippen MR) is 137 cm³/mol. The molecule has 188 valence electrons. The SMILES string of the molecule is O=C(Nc1ccc(-c2cc(C3CCCC3)n(C(=O)NCc3ccc(F)cc3)n2)c(O)c1)c1ccncc1. The fraction of sp³-hybridized carbons (Fsp3) is 0.214. The maximum absolute atomic E-state index is 13.2. The number of benzene rings is 2. The van der Waals surface area contributed by atoms with Crippen LogP contribution in [0.25, 0.3) is 11.3 Å². The largest absolute Gasteiger partial charge is 0.507 e. The Hall–Kier alpha value is -4.53. The summed E-state index contributed by atoms with van der Waals surface area (Å²) in [6.45, 7) is 0.232. The number of phenolic OH excluding ortho intramolecular Hbond substituents is 1. The van der Waals surface area contributed by atoms with Crippen LogP contribution in [0.1, 0.15) is 53.2 Å². The second-order valence-corrected chi connectivity index (χ2v) is 9.05. The summed E-state index contributed by atoms with van der Waals surface area (Å²) in [6.07, 6.45) is 7.15. The van der Waals surface area contributed by atoms with E-state index in [1.54, 1.807) is 36.4 Å². The first kappa shape index (κ1) is 24.2. The molecule has 1 fully saturated rings.